The van der Waals surface area contributed by atoms with Gasteiger partial charge in [0.1, 0.15) is 11.8 Å². The minimum Gasteiger partial charge on any atom is -0.390 e. The zero-order valence-corrected chi connectivity index (χ0v) is 21.1. The van der Waals surface area contributed by atoms with Crippen LogP contribution in [0.25, 0.3) is 0 Å². The van der Waals surface area contributed by atoms with E-state index in [0.717, 1.165) is 67.6 Å². The lowest BCUT2D eigenvalue weighted by atomic mass is 9.48. The average Bonchev–Trinajstić information content (AvgIpc) is 3.16. The van der Waals surface area contributed by atoms with Crippen molar-refractivity contribution in [2.24, 2.45) is 46.8 Å². The Bertz CT molecular complexity index is 874. The SMILES string of the molecule is CCC[C@@]1(O)CC[C@H]2[C@H](CC[C@@H]3[C@@H]2CC[C@]2(C)[C@@H]([C@@H](C)Cc4ccc(C#N)nc4)CC[C@@H]32)C1. The first-order valence-corrected chi connectivity index (χ1v) is 13.9. The first-order valence-electron chi connectivity index (χ1n) is 13.9. The Balaban J connectivity index is 1.27. The first-order chi connectivity index (χ1) is 15.9. The summed E-state index contributed by atoms with van der Waals surface area (Å²) in [7, 11) is 0. The summed E-state index contributed by atoms with van der Waals surface area (Å²) in [5.74, 6) is 5.88. The van der Waals surface area contributed by atoms with Crippen molar-refractivity contribution in [3.8, 4) is 6.07 Å². The van der Waals surface area contributed by atoms with Gasteiger partial charge in [-0.15, -0.1) is 0 Å². The molecule has 0 saturated heterocycles. The highest BCUT2D eigenvalue weighted by Gasteiger charge is 2.58. The maximum Gasteiger partial charge on any atom is 0.140 e. The molecule has 4 fully saturated rings. The second-order valence-electron chi connectivity index (χ2n) is 12.7. The summed E-state index contributed by atoms with van der Waals surface area (Å²) in [6.07, 6.45) is 16.9. The third-order valence-corrected chi connectivity index (χ3v) is 11.1. The fourth-order valence-corrected chi connectivity index (χ4v) is 9.76. The van der Waals surface area contributed by atoms with Gasteiger partial charge in [-0.3, -0.25) is 0 Å². The first kappa shape index (κ1) is 23.3. The molecule has 3 heteroatoms. The standard InChI is InChI=1S/C30H44N2O/c1-4-13-30(33)15-12-24-22(17-30)6-8-26-25(24)11-14-29(3)27(9-10-28(26)29)20(2)16-21-5-7-23(18-31)32-19-21/h5,7,19-20,22,24-28,33H,4,6,8-17H2,1-3H3/t20-,22+,24-,25+,26+,27+,28-,29+,30+/m0/s1. The van der Waals surface area contributed by atoms with Gasteiger partial charge in [-0.25, -0.2) is 4.98 Å². The minimum absolute atomic E-state index is 0.361. The molecule has 180 valence electrons. The summed E-state index contributed by atoms with van der Waals surface area (Å²) in [5, 5.41) is 20.2. The summed E-state index contributed by atoms with van der Waals surface area (Å²) in [6.45, 7) is 7.33. The van der Waals surface area contributed by atoms with Crippen LogP contribution in [-0.4, -0.2) is 15.7 Å². The van der Waals surface area contributed by atoms with Crippen molar-refractivity contribution in [2.75, 3.05) is 0 Å². The van der Waals surface area contributed by atoms with Crippen molar-refractivity contribution in [3.63, 3.8) is 0 Å². The van der Waals surface area contributed by atoms with Gasteiger partial charge in [-0.1, -0.05) is 33.3 Å². The van der Waals surface area contributed by atoms with Crippen LogP contribution in [-0.2, 0) is 6.42 Å². The summed E-state index contributed by atoms with van der Waals surface area (Å²) in [5.41, 5.74) is 1.93. The molecule has 5 rings (SSSR count). The van der Waals surface area contributed by atoms with E-state index in [2.05, 4.69) is 37.9 Å². The molecule has 4 aliphatic carbocycles. The summed E-state index contributed by atoms with van der Waals surface area (Å²) < 4.78 is 0. The fraction of sp³-hybridized carbons (Fsp3) is 0.800. The third kappa shape index (κ3) is 4.16. The molecule has 9 atom stereocenters. The summed E-state index contributed by atoms with van der Waals surface area (Å²) in [4.78, 5) is 4.31. The monoisotopic (exact) mass is 448 g/mol. The quantitative estimate of drug-likeness (QED) is 0.531. The number of aliphatic hydroxyl groups is 1. The van der Waals surface area contributed by atoms with Crippen LogP contribution in [0.3, 0.4) is 0 Å². The molecule has 0 bridgehead atoms. The van der Waals surface area contributed by atoms with Gasteiger partial charge in [0.15, 0.2) is 0 Å². The van der Waals surface area contributed by atoms with Crippen molar-refractivity contribution >= 4 is 0 Å². The van der Waals surface area contributed by atoms with E-state index in [4.69, 9.17) is 5.26 Å². The van der Waals surface area contributed by atoms with Crippen LogP contribution in [0.5, 0.6) is 0 Å². The van der Waals surface area contributed by atoms with Crippen LogP contribution in [0.15, 0.2) is 18.3 Å². The Hall–Kier alpha value is -1.40. The molecule has 0 aliphatic heterocycles. The molecule has 4 saturated carbocycles. The van der Waals surface area contributed by atoms with Crippen LogP contribution >= 0.6 is 0 Å². The molecule has 0 amide bonds. The van der Waals surface area contributed by atoms with Crippen LogP contribution in [0, 0.1) is 58.2 Å². The van der Waals surface area contributed by atoms with Gasteiger partial charge >= 0.3 is 0 Å². The number of pyridine rings is 1. The molecule has 0 radical (unpaired) electrons. The number of hydrogen-bond donors (Lipinski definition) is 1. The van der Waals surface area contributed by atoms with E-state index in [1.54, 1.807) is 0 Å². The van der Waals surface area contributed by atoms with Crippen LogP contribution in [0.2, 0.25) is 0 Å². The Morgan fingerprint density at radius 1 is 1.09 bits per heavy atom. The summed E-state index contributed by atoms with van der Waals surface area (Å²) in [6, 6.07) is 6.12. The number of hydrogen-bond acceptors (Lipinski definition) is 3. The lowest BCUT2D eigenvalue weighted by molar-refractivity contribution is -0.110. The smallest absolute Gasteiger partial charge is 0.140 e. The van der Waals surface area contributed by atoms with E-state index in [9.17, 15) is 5.11 Å². The molecule has 1 heterocycles. The number of nitriles is 1. The highest BCUT2D eigenvalue weighted by atomic mass is 16.3. The topological polar surface area (TPSA) is 56.9 Å². The average molecular weight is 449 g/mol. The van der Waals surface area contributed by atoms with Crippen LogP contribution in [0.1, 0.15) is 103 Å². The van der Waals surface area contributed by atoms with E-state index in [0.29, 0.717) is 17.0 Å². The van der Waals surface area contributed by atoms with Gasteiger partial charge in [0.2, 0.25) is 0 Å². The second-order valence-corrected chi connectivity index (χ2v) is 12.7. The van der Waals surface area contributed by atoms with E-state index < -0.39 is 0 Å². The Kier molecular flexibility index (Phi) is 6.36. The van der Waals surface area contributed by atoms with E-state index in [1.165, 1.54) is 50.5 Å². The lowest BCUT2D eigenvalue weighted by Crippen LogP contribution is -2.51. The van der Waals surface area contributed by atoms with Crippen molar-refractivity contribution in [1.29, 1.82) is 5.26 Å². The molecule has 0 spiro atoms. The highest BCUT2D eigenvalue weighted by molar-refractivity contribution is 5.23. The van der Waals surface area contributed by atoms with Gasteiger partial charge in [0, 0.05) is 6.20 Å². The molecule has 0 unspecified atom stereocenters. The van der Waals surface area contributed by atoms with Gasteiger partial charge in [0.05, 0.1) is 5.60 Å². The third-order valence-electron chi connectivity index (χ3n) is 11.1. The van der Waals surface area contributed by atoms with E-state index in [-0.39, 0.29) is 5.60 Å². The normalized spacial score (nSPS) is 43.1. The predicted octanol–water partition coefficient (Wildman–Crippen LogP) is 6.93. The predicted molar refractivity (Wildman–Crippen MR) is 132 cm³/mol. The highest BCUT2D eigenvalue weighted by Crippen LogP contribution is 2.66. The van der Waals surface area contributed by atoms with Crippen LogP contribution < -0.4 is 0 Å². The van der Waals surface area contributed by atoms with Crippen molar-refractivity contribution in [1.82, 2.24) is 4.98 Å². The molecular formula is C30H44N2O. The molecule has 0 aromatic carbocycles. The number of rotatable bonds is 5. The maximum atomic E-state index is 11.1. The van der Waals surface area contributed by atoms with E-state index in [1.807, 2.05) is 12.3 Å². The molecule has 1 aromatic heterocycles. The van der Waals surface area contributed by atoms with Gasteiger partial charge in [-0.05, 0) is 129 Å². The largest absolute Gasteiger partial charge is 0.390 e. The fourth-order valence-electron chi connectivity index (χ4n) is 9.76. The maximum absolute atomic E-state index is 11.1. The van der Waals surface area contributed by atoms with Gasteiger partial charge in [-0.2, -0.15) is 5.26 Å². The summed E-state index contributed by atoms with van der Waals surface area (Å²) >= 11 is 0. The zero-order valence-electron chi connectivity index (χ0n) is 21.1. The van der Waals surface area contributed by atoms with Gasteiger partial charge < -0.3 is 5.11 Å². The molecule has 1 aromatic rings. The zero-order chi connectivity index (χ0) is 23.2. The molecule has 1 N–H and O–H groups in total. The lowest BCUT2D eigenvalue weighted by Gasteiger charge is -2.57. The number of nitrogens with zero attached hydrogens (tertiary/aromatic N) is 2. The minimum atomic E-state index is -0.361. The number of fused-ring (bicyclic) bond motifs is 5. The van der Waals surface area contributed by atoms with Crippen molar-refractivity contribution in [2.45, 2.75) is 103 Å². The Morgan fingerprint density at radius 2 is 1.91 bits per heavy atom. The molecule has 33 heavy (non-hydrogen) atoms. The Labute approximate surface area is 201 Å². The van der Waals surface area contributed by atoms with Crippen molar-refractivity contribution < 1.29 is 5.11 Å². The molecule has 4 aliphatic rings. The Morgan fingerprint density at radius 3 is 2.64 bits per heavy atom. The molecule has 3 nitrogen and oxygen atoms in total. The van der Waals surface area contributed by atoms with E-state index >= 15 is 0 Å². The molecular weight excluding hydrogens is 404 g/mol. The van der Waals surface area contributed by atoms with Gasteiger partial charge in [0.25, 0.3) is 0 Å². The van der Waals surface area contributed by atoms with Crippen LogP contribution in [0.4, 0.5) is 0 Å². The van der Waals surface area contributed by atoms with Crippen molar-refractivity contribution in [3.05, 3.63) is 29.6 Å². The number of aromatic nitrogens is 1. The second kappa shape index (κ2) is 8.99.